The van der Waals surface area contributed by atoms with Crippen LogP contribution in [0.5, 0.6) is 0 Å². The molecule has 0 aliphatic carbocycles. The molecule has 0 radical (unpaired) electrons. The van der Waals surface area contributed by atoms with Gasteiger partial charge in [-0.15, -0.1) is 0 Å². The van der Waals surface area contributed by atoms with Crippen molar-refractivity contribution in [3.8, 4) is 0 Å². The normalized spacial score (nSPS) is 14.9. The fourth-order valence-corrected chi connectivity index (χ4v) is 4.68. The number of hydrogen-bond acceptors (Lipinski definition) is 4. The molecular weight excluding hydrogens is 414 g/mol. The summed E-state index contributed by atoms with van der Waals surface area (Å²) < 4.78 is 27.7. The Morgan fingerprint density at radius 1 is 1.00 bits per heavy atom. The Kier molecular flexibility index (Phi) is 7.81. The fourth-order valence-electron chi connectivity index (χ4n) is 3.64. The van der Waals surface area contributed by atoms with Gasteiger partial charge in [0.1, 0.15) is 0 Å². The van der Waals surface area contributed by atoms with Crippen molar-refractivity contribution in [2.24, 2.45) is 5.92 Å². The number of amides is 2. The Bertz CT molecular complexity index is 983. The van der Waals surface area contributed by atoms with E-state index in [9.17, 15) is 18.0 Å². The predicted molar refractivity (Wildman–Crippen MR) is 120 cm³/mol. The number of sulfonamides is 1. The molecule has 1 saturated heterocycles. The van der Waals surface area contributed by atoms with Gasteiger partial charge in [0.15, 0.2) is 0 Å². The van der Waals surface area contributed by atoms with E-state index in [2.05, 4.69) is 10.0 Å². The third-order valence-corrected chi connectivity index (χ3v) is 7.01. The van der Waals surface area contributed by atoms with Gasteiger partial charge in [0.25, 0.3) is 5.91 Å². The topological polar surface area (TPSA) is 95.6 Å². The summed E-state index contributed by atoms with van der Waals surface area (Å²) >= 11 is 0. The maximum Gasteiger partial charge on any atom is 0.253 e. The van der Waals surface area contributed by atoms with Crippen molar-refractivity contribution in [1.29, 1.82) is 0 Å². The van der Waals surface area contributed by atoms with Gasteiger partial charge in [-0.05, 0) is 61.6 Å². The SMILES string of the molecule is CCC(=O)Nc1ccc(S(=O)(=O)NCCC2CCN(C(=O)c3ccccc3)CC2)cc1. The molecule has 1 aliphatic heterocycles. The van der Waals surface area contributed by atoms with Crippen molar-refractivity contribution in [1.82, 2.24) is 9.62 Å². The van der Waals surface area contributed by atoms with Crippen molar-refractivity contribution in [2.45, 2.75) is 37.5 Å². The lowest BCUT2D eigenvalue weighted by Gasteiger charge is -2.32. The summed E-state index contributed by atoms with van der Waals surface area (Å²) in [5.41, 5.74) is 1.27. The van der Waals surface area contributed by atoms with Crippen LogP contribution in [0.2, 0.25) is 0 Å². The number of rotatable bonds is 8. The molecule has 0 bridgehead atoms. The average Bonchev–Trinajstić information content (AvgIpc) is 2.80. The van der Waals surface area contributed by atoms with Crippen LogP contribution in [0.25, 0.3) is 0 Å². The van der Waals surface area contributed by atoms with Crippen molar-refractivity contribution in [2.75, 3.05) is 25.0 Å². The maximum absolute atomic E-state index is 12.5. The zero-order valence-corrected chi connectivity index (χ0v) is 18.5. The fraction of sp³-hybridized carbons (Fsp3) is 0.391. The van der Waals surface area contributed by atoms with Crippen LogP contribution in [-0.4, -0.2) is 44.8 Å². The molecule has 7 nitrogen and oxygen atoms in total. The first-order chi connectivity index (χ1) is 14.9. The van der Waals surface area contributed by atoms with Gasteiger partial charge >= 0.3 is 0 Å². The Balaban J connectivity index is 1.44. The van der Waals surface area contributed by atoms with Gasteiger partial charge in [-0.3, -0.25) is 9.59 Å². The van der Waals surface area contributed by atoms with E-state index in [1.807, 2.05) is 35.2 Å². The van der Waals surface area contributed by atoms with Gasteiger partial charge in [-0.1, -0.05) is 25.1 Å². The smallest absolute Gasteiger partial charge is 0.253 e. The molecule has 1 aliphatic rings. The highest BCUT2D eigenvalue weighted by Gasteiger charge is 2.24. The van der Waals surface area contributed by atoms with E-state index < -0.39 is 10.0 Å². The van der Waals surface area contributed by atoms with E-state index in [4.69, 9.17) is 0 Å². The van der Waals surface area contributed by atoms with Crippen molar-refractivity contribution >= 4 is 27.5 Å². The standard InChI is InChI=1S/C23H29N3O4S/c1-2-22(27)25-20-8-10-21(11-9-20)31(29,30)24-15-12-18-13-16-26(17-14-18)23(28)19-6-4-3-5-7-19/h3-11,18,24H,2,12-17H2,1H3,(H,25,27). The van der Waals surface area contributed by atoms with Gasteiger partial charge in [0.2, 0.25) is 15.9 Å². The number of piperidine rings is 1. The van der Waals surface area contributed by atoms with Gasteiger partial charge in [-0.2, -0.15) is 0 Å². The molecule has 3 rings (SSSR count). The van der Waals surface area contributed by atoms with E-state index in [-0.39, 0.29) is 16.7 Å². The molecule has 2 amide bonds. The molecule has 31 heavy (non-hydrogen) atoms. The van der Waals surface area contributed by atoms with Gasteiger partial charge in [0, 0.05) is 37.3 Å². The number of nitrogens with one attached hydrogen (secondary N) is 2. The number of likely N-dealkylation sites (tertiary alicyclic amines) is 1. The molecular formula is C23H29N3O4S. The first-order valence-corrected chi connectivity index (χ1v) is 12.1. The van der Waals surface area contributed by atoms with Gasteiger partial charge in [0.05, 0.1) is 4.90 Å². The van der Waals surface area contributed by atoms with Crippen molar-refractivity contribution in [3.05, 3.63) is 60.2 Å². The molecule has 0 spiro atoms. The highest BCUT2D eigenvalue weighted by atomic mass is 32.2. The molecule has 2 aromatic rings. The summed E-state index contributed by atoms with van der Waals surface area (Å²) in [6.45, 7) is 3.49. The van der Waals surface area contributed by atoms with Crippen molar-refractivity contribution < 1.29 is 18.0 Å². The molecule has 0 unspecified atom stereocenters. The summed E-state index contributed by atoms with van der Waals surface area (Å²) in [5.74, 6) is 0.317. The highest BCUT2D eigenvalue weighted by molar-refractivity contribution is 7.89. The van der Waals surface area contributed by atoms with E-state index in [0.717, 1.165) is 19.3 Å². The molecule has 166 valence electrons. The van der Waals surface area contributed by atoms with Gasteiger partial charge in [-0.25, -0.2) is 13.1 Å². The summed E-state index contributed by atoms with van der Waals surface area (Å²) in [5, 5.41) is 2.70. The number of hydrogen-bond donors (Lipinski definition) is 2. The second-order valence-corrected chi connectivity index (χ2v) is 9.48. The zero-order chi connectivity index (χ0) is 22.3. The number of carbonyl (C=O) groups excluding carboxylic acids is 2. The van der Waals surface area contributed by atoms with E-state index in [0.29, 0.717) is 43.2 Å². The number of carbonyl (C=O) groups is 2. The Labute approximate surface area is 183 Å². The van der Waals surface area contributed by atoms with E-state index >= 15 is 0 Å². The minimum Gasteiger partial charge on any atom is -0.339 e. The Hall–Kier alpha value is -2.71. The van der Waals surface area contributed by atoms with Crippen LogP contribution in [0.1, 0.15) is 43.0 Å². The van der Waals surface area contributed by atoms with E-state index in [1.165, 1.54) is 12.1 Å². The van der Waals surface area contributed by atoms with Gasteiger partial charge < -0.3 is 10.2 Å². The molecule has 2 N–H and O–H groups in total. The lowest BCUT2D eigenvalue weighted by Crippen LogP contribution is -2.39. The van der Waals surface area contributed by atoms with Crippen LogP contribution >= 0.6 is 0 Å². The first-order valence-electron chi connectivity index (χ1n) is 10.6. The molecule has 8 heteroatoms. The largest absolute Gasteiger partial charge is 0.339 e. The van der Waals surface area contributed by atoms with Crippen LogP contribution in [-0.2, 0) is 14.8 Å². The third-order valence-electron chi connectivity index (χ3n) is 5.54. The Morgan fingerprint density at radius 3 is 2.26 bits per heavy atom. The minimum atomic E-state index is -3.60. The van der Waals surface area contributed by atoms with Crippen LogP contribution in [0.3, 0.4) is 0 Å². The summed E-state index contributed by atoms with van der Waals surface area (Å²) in [6.07, 6.45) is 2.83. The first kappa shape index (κ1) is 23.0. The number of anilines is 1. The monoisotopic (exact) mass is 443 g/mol. The molecule has 0 atom stereocenters. The summed E-state index contributed by atoms with van der Waals surface area (Å²) in [6, 6.07) is 15.4. The van der Waals surface area contributed by atoms with Crippen LogP contribution in [0.4, 0.5) is 5.69 Å². The Morgan fingerprint density at radius 2 is 1.65 bits per heavy atom. The second-order valence-electron chi connectivity index (χ2n) is 7.71. The maximum atomic E-state index is 12.5. The third kappa shape index (κ3) is 6.38. The number of nitrogens with zero attached hydrogens (tertiary/aromatic N) is 1. The highest BCUT2D eigenvalue weighted by Crippen LogP contribution is 2.22. The molecule has 0 aromatic heterocycles. The van der Waals surface area contributed by atoms with Crippen LogP contribution in [0, 0.1) is 5.92 Å². The molecule has 1 heterocycles. The number of benzene rings is 2. The quantitative estimate of drug-likeness (QED) is 0.655. The molecule has 0 saturated carbocycles. The lowest BCUT2D eigenvalue weighted by atomic mass is 9.93. The predicted octanol–water partition coefficient (Wildman–Crippen LogP) is 3.26. The van der Waals surface area contributed by atoms with Crippen molar-refractivity contribution in [3.63, 3.8) is 0 Å². The zero-order valence-electron chi connectivity index (χ0n) is 17.7. The minimum absolute atomic E-state index is 0.0540. The summed E-state index contributed by atoms with van der Waals surface area (Å²) in [7, 11) is -3.60. The van der Waals surface area contributed by atoms with Crippen LogP contribution in [0.15, 0.2) is 59.5 Å². The average molecular weight is 444 g/mol. The summed E-state index contributed by atoms with van der Waals surface area (Å²) in [4.78, 5) is 26.0. The van der Waals surface area contributed by atoms with E-state index in [1.54, 1.807) is 19.1 Å². The van der Waals surface area contributed by atoms with Crippen LogP contribution < -0.4 is 10.0 Å². The molecule has 1 fully saturated rings. The molecule has 2 aromatic carbocycles. The second kappa shape index (κ2) is 10.5. The lowest BCUT2D eigenvalue weighted by molar-refractivity contribution is -0.115.